The van der Waals surface area contributed by atoms with Crippen molar-refractivity contribution < 1.29 is 14.3 Å². The maximum Gasteiger partial charge on any atom is 0.260 e. The van der Waals surface area contributed by atoms with E-state index < -0.39 is 6.10 Å². The van der Waals surface area contributed by atoms with Gasteiger partial charge in [-0.25, -0.2) is 0 Å². The number of benzene rings is 2. The van der Waals surface area contributed by atoms with Gasteiger partial charge in [-0.3, -0.25) is 4.79 Å². The number of hydrogen-bond acceptors (Lipinski definition) is 3. The number of carbonyl (C=O) groups is 1. The molecule has 2 aromatic rings. The summed E-state index contributed by atoms with van der Waals surface area (Å²) in [4.78, 5) is 12.4. The molecule has 1 amide bonds. The number of nitrogens with one attached hydrogen (secondary N) is 1. The van der Waals surface area contributed by atoms with Gasteiger partial charge in [-0.2, -0.15) is 0 Å². The molecule has 0 spiro atoms. The zero-order chi connectivity index (χ0) is 18.5. The quantitative estimate of drug-likeness (QED) is 0.877. The Balaban J connectivity index is 1.55. The van der Waals surface area contributed by atoms with Gasteiger partial charge >= 0.3 is 0 Å². The maximum absolute atomic E-state index is 12.4. The fraction of sp³-hybridized carbons (Fsp3) is 0.409. The molecule has 3 atom stereocenters. The van der Waals surface area contributed by atoms with Crippen LogP contribution in [0.1, 0.15) is 33.6 Å². The van der Waals surface area contributed by atoms with Gasteiger partial charge in [0, 0.05) is 6.04 Å². The molecule has 4 heteroatoms. The van der Waals surface area contributed by atoms with Crippen LogP contribution in [0.25, 0.3) is 11.1 Å². The Morgan fingerprint density at radius 3 is 2.19 bits per heavy atom. The van der Waals surface area contributed by atoms with Crippen molar-refractivity contribution in [1.82, 2.24) is 5.32 Å². The molecule has 1 fully saturated rings. The van der Waals surface area contributed by atoms with Crippen molar-refractivity contribution in [2.24, 2.45) is 0 Å². The predicted octanol–water partition coefficient (Wildman–Crippen LogP) is 4.19. The summed E-state index contributed by atoms with van der Waals surface area (Å²) in [6, 6.07) is 18.2. The molecular weight excluding hydrogens is 326 g/mol. The molecule has 26 heavy (non-hydrogen) atoms. The first-order valence-corrected chi connectivity index (χ1v) is 9.29. The maximum atomic E-state index is 12.4. The van der Waals surface area contributed by atoms with E-state index in [-0.39, 0.29) is 24.2 Å². The Bertz CT molecular complexity index is 704. The number of carbonyl (C=O) groups excluding carboxylic acids is 1. The Morgan fingerprint density at radius 1 is 1.00 bits per heavy atom. The highest BCUT2D eigenvalue weighted by Crippen LogP contribution is 2.23. The van der Waals surface area contributed by atoms with E-state index in [1.54, 1.807) is 6.92 Å². The molecule has 0 radical (unpaired) electrons. The van der Waals surface area contributed by atoms with E-state index in [0.717, 1.165) is 24.0 Å². The van der Waals surface area contributed by atoms with Gasteiger partial charge in [0.05, 0.1) is 12.2 Å². The molecule has 0 bridgehead atoms. The largest absolute Gasteiger partial charge is 0.481 e. The van der Waals surface area contributed by atoms with Crippen LogP contribution in [-0.2, 0) is 9.53 Å². The highest BCUT2D eigenvalue weighted by atomic mass is 16.5. The average molecular weight is 353 g/mol. The fourth-order valence-electron chi connectivity index (χ4n) is 3.46. The van der Waals surface area contributed by atoms with Gasteiger partial charge in [0.15, 0.2) is 6.10 Å². The molecule has 1 aliphatic rings. The molecule has 0 saturated carbocycles. The van der Waals surface area contributed by atoms with E-state index in [9.17, 15) is 4.79 Å². The molecule has 0 unspecified atom stereocenters. The predicted molar refractivity (Wildman–Crippen MR) is 103 cm³/mol. The van der Waals surface area contributed by atoms with Crippen LogP contribution in [0.3, 0.4) is 0 Å². The van der Waals surface area contributed by atoms with E-state index in [1.165, 1.54) is 0 Å². The van der Waals surface area contributed by atoms with Gasteiger partial charge in [0.2, 0.25) is 0 Å². The second-order valence-corrected chi connectivity index (χ2v) is 7.08. The van der Waals surface area contributed by atoms with Crippen molar-refractivity contribution in [2.45, 2.75) is 58.0 Å². The Kier molecular flexibility index (Phi) is 5.94. The normalized spacial score (nSPS) is 23.9. The summed E-state index contributed by atoms with van der Waals surface area (Å²) in [5, 5.41) is 3.09. The van der Waals surface area contributed by atoms with E-state index in [0.29, 0.717) is 5.75 Å². The molecule has 1 saturated heterocycles. The van der Waals surface area contributed by atoms with Crippen LogP contribution in [0.5, 0.6) is 5.75 Å². The van der Waals surface area contributed by atoms with Crippen molar-refractivity contribution in [3.05, 3.63) is 54.6 Å². The lowest BCUT2D eigenvalue weighted by atomic mass is 9.99. The third-order valence-electron chi connectivity index (χ3n) is 4.69. The highest BCUT2D eigenvalue weighted by Gasteiger charge is 2.27. The third kappa shape index (κ3) is 4.85. The standard InChI is InChI=1S/C22H27NO3/c1-15-13-20(14-16(2)25-15)23-22(24)17(3)26-21-11-9-19(10-12-21)18-7-5-4-6-8-18/h4-12,15-17,20H,13-14H2,1-3H3,(H,23,24)/t15-,16-,17-/m1/s1. The Morgan fingerprint density at radius 2 is 1.58 bits per heavy atom. The van der Waals surface area contributed by atoms with Crippen LogP contribution < -0.4 is 10.1 Å². The number of amides is 1. The average Bonchev–Trinajstić information content (AvgIpc) is 2.62. The monoisotopic (exact) mass is 353 g/mol. The number of ether oxygens (including phenoxy) is 2. The van der Waals surface area contributed by atoms with E-state index in [2.05, 4.69) is 17.4 Å². The van der Waals surface area contributed by atoms with Crippen molar-refractivity contribution >= 4 is 5.91 Å². The molecule has 3 rings (SSSR count). The molecule has 2 aromatic carbocycles. The molecule has 0 aromatic heterocycles. The summed E-state index contributed by atoms with van der Waals surface area (Å²) in [5.74, 6) is 0.615. The van der Waals surface area contributed by atoms with Gasteiger partial charge in [0.25, 0.3) is 5.91 Å². The summed E-state index contributed by atoms with van der Waals surface area (Å²) >= 11 is 0. The lowest BCUT2D eigenvalue weighted by Crippen LogP contribution is -2.47. The van der Waals surface area contributed by atoms with Crippen LogP contribution in [0.2, 0.25) is 0 Å². The molecular formula is C22H27NO3. The van der Waals surface area contributed by atoms with Gasteiger partial charge in [-0.1, -0.05) is 42.5 Å². The lowest BCUT2D eigenvalue weighted by molar-refractivity contribution is -0.129. The third-order valence-corrected chi connectivity index (χ3v) is 4.69. The lowest BCUT2D eigenvalue weighted by Gasteiger charge is -2.33. The van der Waals surface area contributed by atoms with E-state index in [1.807, 2.05) is 56.3 Å². The van der Waals surface area contributed by atoms with Crippen molar-refractivity contribution in [2.75, 3.05) is 0 Å². The van der Waals surface area contributed by atoms with Crippen LogP contribution in [0, 0.1) is 0 Å². The summed E-state index contributed by atoms with van der Waals surface area (Å²) in [7, 11) is 0. The van der Waals surface area contributed by atoms with Crippen molar-refractivity contribution in [3.63, 3.8) is 0 Å². The Labute approximate surface area is 155 Å². The minimum absolute atomic E-state index is 0.0802. The molecule has 1 aliphatic heterocycles. The molecule has 4 nitrogen and oxygen atoms in total. The van der Waals surface area contributed by atoms with Gasteiger partial charge < -0.3 is 14.8 Å². The SMILES string of the molecule is C[C@@H]1CC(NC(=O)[C@@H](C)Oc2ccc(-c3ccccc3)cc2)C[C@@H](C)O1. The smallest absolute Gasteiger partial charge is 0.260 e. The zero-order valence-electron chi connectivity index (χ0n) is 15.6. The first kappa shape index (κ1) is 18.5. The molecule has 1 heterocycles. The second kappa shape index (κ2) is 8.37. The highest BCUT2D eigenvalue weighted by molar-refractivity contribution is 5.81. The van der Waals surface area contributed by atoms with E-state index in [4.69, 9.17) is 9.47 Å². The van der Waals surface area contributed by atoms with Crippen molar-refractivity contribution in [1.29, 1.82) is 0 Å². The van der Waals surface area contributed by atoms with Crippen molar-refractivity contribution in [3.8, 4) is 16.9 Å². The summed E-state index contributed by atoms with van der Waals surface area (Å²) in [6.07, 6.45) is 1.49. The minimum Gasteiger partial charge on any atom is -0.481 e. The first-order chi connectivity index (χ1) is 12.5. The minimum atomic E-state index is -0.536. The van der Waals surface area contributed by atoms with Crippen LogP contribution >= 0.6 is 0 Å². The van der Waals surface area contributed by atoms with Gasteiger partial charge in [0.1, 0.15) is 5.75 Å². The summed E-state index contributed by atoms with van der Waals surface area (Å²) in [6.45, 7) is 5.87. The molecule has 138 valence electrons. The first-order valence-electron chi connectivity index (χ1n) is 9.29. The number of rotatable bonds is 5. The molecule has 1 N–H and O–H groups in total. The second-order valence-electron chi connectivity index (χ2n) is 7.08. The Hall–Kier alpha value is -2.33. The summed E-state index contributed by atoms with van der Waals surface area (Å²) < 4.78 is 11.5. The number of hydrogen-bond donors (Lipinski definition) is 1. The fourth-order valence-corrected chi connectivity index (χ4v) is 3.46. The summed E-state index contributed by atoms with van der Waals surface area (Å²) in [5.41, 5.74) is 2.29. The van der Waals surface area contributed by atoms with Gasteiger partial charge in [-0.15, -0.1) is 0 Å². The van der Waals surface area contributed by atoms with Crippen LogP contribution in [0.15, 0.2) is 54.6 Å². The van der Waals surface area contributed by atoms with Crippen LogP contribution in [-0.4, -0.2) is 30.3 Å². The topological polar surface area (TPSA) is 47.6 Å². The van der Waals surface area contributed by atoms with E-state index >= 15 is 0 Å². The van der Waals surface area contributed by atoms with Crippen LogP contribution in [0.4, 0.5) is 0 Å². The zero-order valence-corrected chi connectivity index (χ0v) is 15.6. The van der Waals surface area contributed by atoms with Gasteiger partial charge in [-0.05, 0) is 56.9 Å². The molecule has 0 aliphatic carbocycles.